The van der Waals surface area contributed by atoms with Crippen molar-refractivity contribution in [3.8, 4) is 11.3 Å². The molecule has 5 heteroatoms. The summed E-state index contributed by atoms with van der Waals surface area (Å²) < 4.78 is 1.80. The quantitative estimate of drug-likeness (QED) is 0.940. The van der Waals surface area contributed by atoms with Gasteiger partial charge in [-0.1, -0.05) is 6.92 Å². The summed E-state index contributed by atoms with van der Waals surface area (Å²) >= 11 is 0. The first-order chi connectivity index (χ1) is 11.5. The molecule has 0 radical (unpaired) electrons. The summed E-state index contributed by atoms with van der Waals surface area (Å²) in [4.78, 5) is 15.0. The van der Waals surface area contributed by atoms with Crippen molar-refractivity contribution in [2.45, 2.75) is 45.7 Å². The Hall–Kier alpha value is -2.30. The van der Waals surface area contributed by atoms with Crippen LogP contribution in [0.25, 0.3) is 11.3 Å². The fraction of sp³-hybridized carbons (Fsp3) is 0.474. The number of aromatic nitrogens is 2. The van der Waals surface area contributed by atoms with Crippen LogP contribution in [-0.2, 0) is 20.0 Å². The fourth-order valence-corrected chi connectivity index (χ4v) is 3.91. The number of rotatable bonds is 4. The molecule has 0 saturated heterocycles. The van der Waals surface area contributed by atoms with Crippen molar-refractivity contribution in [1.82, 2.24) is 14.7 Å². The third-order valence-electron chi connectivity index (χ3n) is 5.49. The summed E-state index contributed by atoms with van der Waals surface area (Å²) in [5.41, 5.74) is 11.1. The van der Waals surface area contributed by atoms with E-state index in [1.807, 2.05) is 13.1 Å². The number of nitrogen functional groups attached to an aromatic ring is 1. The van der Waals surface area contributed by atoms with Gasteiger partial charge in [0.05, 0.1) is 5.69 Å². The Morgan fingerprint density at radius 2 is 2.08 bits per heavy atom. The number of hydrogen-bond acceptors (Lipinski definition) is 3. The number of hydrogen-bond donors (Lipinski definition) is 1. The van der Waals surface area contributed by atoms with Crippen molar-refractivity contribution < 1.29 is 4.79 Å². The van der Waals surface area contributed by atoms with Crippen LogP contribution in [-0.4, -0.2) is 26.6 Å². The Labute approximate surface area is 142 Å². The smallest absolute Gasteiger partial charge is 0.255 e. The molecule has 1 aliphatic heterocycles. The van der Waals surface area contributed by atoms with Gasteiger partial charge in [0.2, 0.25) is 0 Å². The second kappa shape index (κ2) is 5.36. The predicted octanol–water partition coefficient (Wildman–Crippen LogP) is 2.99. The maximum absolute atomic E-state index is 13.0. The SMILES string of the molecule is CCc1cc(-c2cc(N)nn2C)cc2c1C(=O)N([C@@H](C)C1CC1)C2. The zero-order valence-corrected chi connectivity index (χ0v) is 14.5. The second-order valence-electron chi connectivity index (χ2n) is 7.11. The number of nitrogens with zero attached hydrogens (tertiary/aromatic N) is 3. The molecule has 1 aliphatic carbocycles. The largest absolute Gasteiger partial charge is 0.382 e. The van der Waals surface area contributed by atoms with E-state index >= 15 is 0 Å². The van der Waals surface area contributed by atoms with Crippen molar-refractivity contribution >= 4 is 11.7 Å². The van der Waals surface area contributed by atoms with E-state index in [1.165, 1.54) is 12.8 Å². The molecule has 1 amide bonds. The number of fused-ring (bicyclic) bond motifs is 1. The average molecular weight is 324 g/mol. The van der Waals surface area contributed by atoms with Gasteiger partial charge < -0.3 is 10.6 Å². The van der Waals surface area contributed by atoms with E-state index in [2.05, 4.69) is 36.0 Å². The first-order valence-corrected chi connectivity index (χ1v) is 8.76. The van der Waals surface area contributed by atoms with Crippen LogP contribution in [0, 0.1) is 5.92 Å². The summed E-state index contributed by atoms with van der Waals surface area (Å²) in [6, 6.07) is 6.49. The fourth-order valence-electron chi connectivity index (χ4n) is 3.91. The molecule has 2 N–H and O–H groups in total. The number of nitrogens with two attached hydrogens (primary N) is 1. The summed E-state index contributed by atoms with van der Waals surface area (Å²) in [6.45, 7) is 5.02. The number of carbonyl (C=O) groups excluding carboxylic acids is 1. The molecule has 0 bridgehead atoms. The van der Waals surface area contributed by atoms with Gasteiger partial charge in [0.15, 0.2) is 0 Å². The molecule has 1 aromatic carbocycles. The molecule has 1 saturated carbocycles. The summed E-state index contributed by atoms with van der Waals surface area (Å²) in [6.07, 6.45) is 3.35. The highest BCUT2D eigenvalue weighted by Gasteiger charge is 2.39. The number of carbonyl (C=O) groups is 1. The lowest BCUT2D eigenvalue weighted by Gasteiger charge is -2.24. The van der Waals surface area contributed by atoms with Crippen molar-refractivity contribution in [1.29, 1.82) is 0 Å². The number of benzene rings is 1. The van der Waals surface area contributed by atoms with E-state index in [9.17, 15) is 4.79 Å². The van der Waals surface area contributed by atoms with Gasteiger partial charge in [-0.25, -0.2) is 0 Å². The minimum atomic E-state index is 0.206. The van der Waals surface area contributed by atoms with E-state index in [0.717, 1.165) is 40.9 Å². The normalized spacial score (nSPS) is 18.1. The molecule has 2 heterocycles. The molecule has 1 fully saturated rings. The summed E-state index contributed by atoms with van der Waals surface area (Å²) in [7, 11) is 1.90. The van der Waals surface area contributed by atoms with Crippen LogP contribution in [0.4, 0.5) is 5.82 Å². The summed E-state index contributed by atoms with van der Waals surface area (Å²) in [5, 5.41) is 4.24. The maximum Gasteiger partial charge on any atom is 0.255 e. The Morgan fingerprint density at radius 1 is 1.33 bits per heavy atom. The zero-order chi connectivity index (χ0) is 17.0. The van der Waals surface area contributed by atoms with Crippen molar-refractivity contribution in [3.63, 3.8) is 0 Å². The molecule has 0 unspecified atom stereocenters. The van der Waals surface area contributed by atoms with Crippen LogP contribution in [0.5, 0.6) is 0 Å². The lowest BCUT2D eigenvalue weighted by Crippen LogP contribution is -2.34. The van der Waals surface area contributed by atoms with Gasteiger partial charge in [-0.05, 0) is 55.4 Å². The average Bonchev–Trinajstić information content (AvgIpc) is 3.28. The summed E-state index contributed by atoms with van der Waals surface area (Å²) in [5.74, 6) is 1.41. The lowest BCUT2D eigenvalue weighted by molar-refractivity contribution is 0.0697. The molecule has 4 rings (SSSR count). The third kappa shape index (κ3) is 2.30. The molecule has 24 heavy (non-hydrogen) atoms. The van der Waals surface area contributed by atoms with E-state index in [-0.39, 0.29) is 5.91 Å². The lowest BCUT2D eigenvalue weighted by atomic mass is 9.96. The van der Waals surface area contributed by atoms with Gasteiger partial charge in [-0.15, -0.1) is 0 Å². The minimum absolute atomic E-state index is 0.206. The standard InChI is InChI=1S/C19H24N4O/c1-4-12-7-14(16-9-17(20)21-22(16)3)8-15-10-23(19(24)18(12)15)11(2)13-5-6-13/h7-9,11,13H,4-6,10H2,1-3H3,(H2,20,21)/t11-/m0/s1. The van der Waals surface area contributed by atoms with Gasteiger partial charge in [0, 0.05) is 36.8 Å². The maximum atomic E-state index is 13.0. The number of anilines is 1. The molecule has 0 spiro atoms. The Kier molecular flexibility index (Phi) is 3.41. The molecule has 5 nitrogen and oxygen atoms in total. The van der Waals surface area contributed by atoms with E-state index in [4.69, 9.17) is 5.73 Å². The number of amides is 1. The van der Waals surface area contributed by atoms with Crippen LogP contribution < -0.4 is 5.73 Å². The van der Waals surface area contributed by atoms with Crippen molar-refractivity contribution in [3.05, 3.63) is 34.9 Å². The molecule has 1 atom stereocenters. The topological polar surface area (TPSA) is 64.1 Å². The highest BCUT2D eigenvalue weighted by molar-refractivity contribution is 6.00. The monoisotopic (exact) mass is 324 g/mol. The van der Waals surface area contributed by atoms with Crippen LogP contribution in [0.1, 0.15) is 48.2 Å². The van der Waals surface area contributed by atoms with Gasteiger partial charge in [-0.2, -0.15) is 5.10 Å². The van der Waals surface area contributed by atoms with Crippen LogP contribution in [0.2, 0.25) is 0 Å². The van der Waals surface area contributed by atoms with Gasteiger partial charge >= 0.3 is 0 Å². The first kappa shape index (κ1) is 15.2. The molecular weight excluding hydrogens is 300 g/mol. The van der Waals surface area contributed by atoms with Gasteiger partial charge in [0.25, 0.3) is 5.91 Å². The highest BCUT2D eigenvalue weighted by Crippen LogP contribution is 2.40. The second-order valence-corrected chi connectivity index (χ2v) is 7.11. The Balaban J connectivity index is 1.77. The van der Waals surface area contributed by atoms with E-state index in [1.54, 1.807) is 4.68 Å². The molecule has 2 aromatic rings. The minimum Gasteiger partial charge on any atom is -0.382 e. The Bertz CT molecular complexity index is 819. The van der Waals surface area contributed by atoms with Crippen molar-refractivity contribution in [2.24, 2.45) is 13.0 Å². The van der Waals surface area contributed by atoms with E-state index < -0.39 is 0 Å². The highest BCUT2D eigenvalue weighted by atomic mass is 16.2. The van der Waals surface area contributed by atoms with Crippen LogP contribution in [0.15, 0.2) is 18.2 Å². The number of aryl methyl sites for hydroxylation is 2. The molecule has 1 aromatic heterocycles. The van der Waals surface area contributed by atoms with Crippen LogP contribution >= 0.6 is 0 Å². The van der Waals surface area contributed by atoms with Crippen LogP contribution in [0.3, 0.4) is 0 Å². The molecular formula is C19H24N4O. The van der Waals surface area contributed by atoms with Crippen molar-refractivity contribution in [2.75, 3.05) is 5.73 Å². The zero-order valence-electron chi connectivity index (χ0n) is 14.5. The molecule has 126 valence electrons. The molecule has 2 aliphatic rings. The predicted molar refractivity (Wildman–Crippen MR) is 94.5 cm³/mol. The van der Waals surface area contributed by atoms with E-state index in [0.29, 0.717) is 17.8 Å². The Morgan fingerprint density at radius 3 is 2.67 bits per heavy atom. The van der Waals surface area contributed by atoms with Gasteiger partial charge in [-0.3, -0.25) is 9.48 Å². The third-order valence-corrected chi connectivity index (χ3v) is 5.49. The van der Waals surface area contributed by atoms with Gasteiger partial charge in [0.1, 0.15) is 5.82 Å². The first-order valence-electron chi connectivity index (χ1n) is 8.76.